The summed E-state index contributed by atoms with van der Waals surface area (Å²) in [5.74, 6) is -1.26. The number of carbonyl (C=O) groups excluding carboxylic acids is 1. The van der Waals surface area contributed by atoms with Gasteiger partial charge in [-0.05, 0) is 11.6 Å². The van der Waals surface area contributed by atoms with E-state index in [0.29, 0.717) is 11.4 Å². The van der Waals surface area contributed by atoms with Crippen LogP contribution in [0, 0.1) is 0 Å². The number of rotatable bonds is 5. The average Bonchev–Trinajstić information content (AvgIpc) is 2.53. The first-order valence-electron chi connectivity index (χ1n) is 6.20. The number of pyridine rings is 1. The molecule has 2 aromatic rings. The van der Waals surface area contributed by atoms with Gasteiger partial charge in [-0.2, -0.15) is 0 Å². The minimum absolute atomic E-state index is 0.262. The van der Waals surface area contributed by atoms with E-state index in [4.69, 9.17) is 4.74 Å². The molecule has 0 saturated heterocycles. The molecule has 0 spiro atoms. The van der Waals surface area contributed by atoms with Crippen LogP contribution in [0.15, 0.2) is 48.7 Å². The molecule has 0 aliphatic rings. The molecule has 0 saturated carbocycles. The number of nitrogens with zero attached hydrogens (tertiary/aromatic N) is 1. The Labute approximate surface area is 121 Å². The van der Waals surface area contributed by atoms with Crippen molar-refractivity contribution >= 4 is 11.9 Å². The number of methoxy groups -OCH3 is 1. The number of carboxylic acid groups (broad SMARTS) is 1. The minimum atomic E-state index is -1.13. The van der Waals surface area contributed by atoms with Crippen molar-refractivity contribution in [1.82, 2.24) is 10.3 Å². The van der Waals surface area contributed by atoms with Gasteiger partial charge < -0.3 is 15.2 Å². The van der Waals surface area contributed by atoms with Crippen LogP contribution < -0.4 is 10.1 Å². The van der Waals surface area contributed by atoms with Gasteiger partial charge in [0.1, 0.15) is 0 Å². The summed E-state index contributed by atoms with van der Waals surface area (Å²) in [5, 5.41) is 11.7. The summed E-state index contributed by atoms with van der Waals surface area (Å²) in [6.07, 6.45) is 1.33. The first kappa shape index (κ1) is 14.5. The normalized spacial score (nSPS) is 11.5. The predicted molar refractivity (Wildman–Crippen MR) is 75.1 cm³/mol. The second kappa shape index (κ2) is 6.51. The maximum Gasteiger partial charge on any atom is 0.330 e. The zero-order chi connectivity index (χ0) is 15.2. The number of nitrogens with one attached hydrogen (secondary N) is 1. The number of ether oxygens (including phenoxy) is 1. The third kappa shape index (κ3) is 3.56. The van der Waals surface area contributed by atoms with Crippen LogP contribution in [0.1, 0.15) is 22.0 Å². The van der Waals surface area contributed by atoms with Crippen molar-refractivity contribution in [2.45, 2.75) is 6.04 Å². The summed E-state index contributed by atoms with van der Waals surface area (Å²) in [5.41, 5.74) is 0.762. The van der Waals surface area contributed by atoms with Gasteiger partial charge in [0.25, 0.3) is 5.91 Å². The molecule has 2 N–H and O–H groups in total. The van der Waals surface area contributed by atoms with Crippen LogP contribution >= 0.6 is 0 Å². The Kier molecular flexibility index (Phi) is 4.50. The third-order valence-electron chi connectivity index (χ3n) is 2.86. The van der Waals surface area contributed by atoms with Crippen molar-refractivity contribution in [3.63, 3.8) is 0 Å². The van der Waals surface area contributed by atoms with Crippen LogP contribution in [0.4, 0.5) is 0 Å². The highest BCUT2D eigenvalue weighted by Crippen LogP contribution is 2.14. The molecule has 108 valence electrons. The van der Waals surface area contributed by atoms with E-state index in [1.807, 2.05) is 0 Å². The molecular formula is C15H14N2O4. The Morgan fingerprint density at radius 3 is 2.43 bits per heavy atom. The number of carboxylic acids is 1. The van der Waals surface area contributed by atoms with E-state index in [0.717, 1.165) is 0 Å². The fourth-order valence-corrected chi connectivity index (χ4v) is 1.78. The molecule has 6 nitrogen and oxygen atoms in total. The van der Waals surface area contributed by atoms with Gasteiger partial charge in [0.15, 0.2) is 6.04 Å². The van der Waals surface area contributed by atoms with Crippen LogP contribution in [0.5, 0.6) is 5.88 Å². The molecule has 1 heterocycles. The smallest absolute Gasteiger partial charge is 0.330 e. The van der Waals surface area contributed by atoms with E-state index in [1.165, 1.54) is 25.4 Å². The first-order valence-corrected chi connectivity index (χ1v) is 6.20. The van der Waals surface area contributed by atoms with Crippen LogP contribution in [-0.2, 0) is 4.79 Å². The van der Waals surface area contributed by atoms with Gasteiger partial charge in [0.05, 0.1) is 12.7 Å². The topological polar surface area (TPSA) is 88.5 Å². The largest absolute Gasteiger partial charge is 0.481 e. The van der Waals surface area contributed by atoms with Gasteiger partial charge in [-0.1, -0.05) is 30.3 Å². The predicted octanol–water partition coefficient (Wildman–Crippen LogP) is 1.65. The monoisotopic (exact) mass is 286 g/mol. The zero-order valence-electron chi connectivity index (χ0n) is 11.3. The fourth-order valence-electron chi connectivity index (χ4n) is 1.78. The van der Waals surface area contributed by atoms with Crippen molar-refractivity contribution < 1.29 is 19.4 Å². The lowest BCUT2D eigenvalue weighted by Crippen LogP contribution is -2.33. The second-order valence-corrected chi connectivity index (χ2v) is 4.24. The number of hydrogen-bond acceptors (Lipinski definition) is 4. The second-order valence-electron chi connectivity index (χ2n) is 4.24. The van der Waals surface area contributed by atoms with E-state index in [9.17, 15) is 14.7 Å². The summed E-state index contributed by atoms with van der Waals surface area (Å²) < 4.78 is 4.90. The standard InChI is InChI=1S/C15H14N2O4/c1-21-12-8-7-11(9-16-12)14(18)17-13(15(19)20)10-5-3-2-4-6-10/h2-9,13H,1H3,(H,17,18)(H,19,20)/t13-/m1/s1. The highest BCUT2D eigenvalue weighted by molar-refractivity contribution is 5.96. The van der Waals surface area contributed by atoms with E-state index >= 15 is 0 Å². The van der Waals surface area contributed by atoms with Gasteiger partial charge in [0.2, 0.25) is 5.88 Å². The highest BCUT2D eigenvalue weighted by atomic mass is 16.5. The lowest BCUT2D eigenvalue weighted by atomic mass is 10.1. The molecule has 1 atom stereocenters. The minimum Gasteiger partial charge on any atom is -0.481 e. The number of benzene rings is 1. The fraction of sp³-hybridized carbons (Fsp3) is 0.133. The van der Waals surface area contributed by atoms with Crippen LogP contribution in [0.3, 0.4) is 0 Å². The van der Waals surface area contributed by atoms with E-state index < -0.39 is 17.9 Å². The SMILES string of the molecule is COc1ccc(C(=O)N[C@@H](C(=O)O)c2ccccc2)cn1. The molecule has 21 heavy (non-hydrogen) atoms. The Morgan fingerprint density at radius 1 is 1.19 bits per heavy atom. The van der Waals surface area contributed by atoms with E-state index in [1.54, 1.807) is 30.3 Å². The van der Waals surface area contributed by atoms with Gasteiger partial charge in [-0.15, -0.1) is 0 Å². The molecule has 0 unspecified atom stereocenters. The van der Waals surface area contributed by atoms with Crippen LogP contribution in [0.2, 0.25) is 0 Å². The molecule has 0 aliphatic carbocycles. The summed E-state index contributed by atoms with van der Waals surface area (Å²) in [4.78, 5) is 27.3. The maximum atomic E-state index is 12.1. The van der Waals surface area contributed by atoms with Crippen molar-refractivity contribution in [1.29, 1.82) is 0 Å². The molecule has 6 heteroatoms. The number of amides is 1. The molecule has 0 bridgehead atoms. The Hall–Kier alpha value is -2.89. The Balaban J connectivity index is 2.16. The molecule has 0 aliphatic heterocycles. The Morgan fingerprint density at radius 2 is 1.90 bits per heavy atom. The summed E-state index contributed by atoms with van der Waals surface area (Å²) in [6, 6.07) is 10.4. The van der Waals surface area contributed by atoms with Crippen molar-refractivity contribution in [3.8, 4) is 5.88 Å². The molecule has 0 radical (unpaired) electrons. The summed E-state index contributed by atoms with van der Waals surface area (Å²) >= 11 is 0. The Bertz CT molecular complexity index is 626. The molecular weight excluding hydrogens is 272 g/mol. The maximum absolute atomic E-state index is 12.1. The third-order valence-corrected chi connectivity index (χ3v) is 2.86. The quantitative estimate of drug-likeness (QED) is 0.872. The molecule has 2 rings (SSSR count). The highest BCUT2D eigenvalue weighted by Gasteiger charge is 2.22. The lowest BCUT2D eigenvalue weighted by molar-refractivity contribution is -0.139. The van der Waals surface area contributed by atoms with Crippen LogP contribution in [-0.4, -0.2) is 29.1 Å². The van der Waals surface area contributed by atoms with E-state index in [-0.39, 0.29) is 5.56 Å². The summed E-state index contributed by atoms with van der Waals surface area (Å²) in [7, 11) is 1.47. The molecule has 0 fully saturated rings. The van der Waals surface area contributed by atoms with Gasteiger partial charge in [-0.3, -0.25) is 4.79 Å². The van der Waals surface area contributed by atoms with E-state index in [2.05, 4.69) is 10.3 Å². The van der Waals surface area contributed by atoms with Crippen molar-refractivity contribution in [3.05, 3.63) is 59.8 Å². The average molecular weight is 286 g/mol. The summed E-state index contributed by atoms with van der Waals surface area (Å²) in [6.45, 7) is 0. The number of carbonyl (C=O) groups is 2. The molecule has 1 aromatic carbocycles. The lowest BCUT2D eigenvalue weighted by Gasteiger charge is -2.14. The number of aliphatic carboxylic acids is 1. The first-order chi connectivity index (χ1) is 10.1. The van der Waals surface area contributed by atoms with Gasteiger partial charge in [0, 0.05) is 12.3 Å². The van der Waals surface area contributed by atoms with Gasteiger partial charge >= 0.3 is 5.97 Å². The number of aromatic nitrogens is 1. The molecule has 1 amide bonds. The zero-order valence-corrected chi connectivity index (χ0v) is 11.3. The molecule has 1 aromatic heterocycles. The van der Waals surface area contributed by atoms with Crippen LogP contribution in [0.25, 0.3) is 0 Å². The van der Waals surface area contributed by atoms with Gasteiger partial charge in [-0.25, -0.2) is 9.78 Å². The van der Waals surface area contributed by atoms with Crippen molar-refractivity contribution in [2.24, 2.45) is 0 Å². The number of hydrogen-bond donors (Lipinski definition) is 2. The van der Waals surface area contributed by atoms with Crippen molar-refractivity contribution in [2.75, 3.05) is 7.11 Å².